The molecule has 5 nitrogen and oxygen atoms in total. The molecule has 0 aromatic heterocycles. The molecule has 2 N–H and O–H groups in total. The van der Waals surface area contributed by atoms with E-state index in [1.54, 1.807) is 0 Å². The maximum atomic E-state index is 11.1. The second kappa shape index (κ2) is 3.53. The molecule has 0 aromatic carbocycles. The highest BCUT2D eigenvalue weighted by molar-refractivity contribution is 5.78. The molecule has 5 heteroatoms. The molecule has 0 saturated carbocycles. The number of carbonyl (C=O) groups is 2. The second-order valence-corrected chi connectivity index (χ2v) is 2.83. The third kappa shape index (κ3) is 2.20. The van der Waals surface area contributed by atoms with Gasteiger partial charge in [0.2, 0.25) is 0 Å². The van der Waals surface area contributed by atoms with Gasteiger partial charge in [-0.05, 0) is 6.42 Å². The Labute approximate surface area is 70.4 Å². The van der Waals surface area contributed by atoms with Gasteiger partial charge in [-0.1, -0.05) is 0 Å². The summed E-state index contributed by atoms with van der Waals surface area (Å²) in [5.41, 5.74) is 5.53. The van der Waals surface area contributed by atoms with Gasteiger partial charge in [0.1, 0.15) is 0 Å². The lowest BCUT2D eigenvalue weighted by molar-refractivity contribution is -0.200. The Balaban J connectivity index is 2.45. The molecular formula is C7H12N2O3. The zero-order valence-corrected chi connectivity index (χ0v) is 6.95. The van der Waals surface area contributed by atoms with Crippen LogP contribution in [0.3, 0.4) is 0 Å². The molecule has 1 saturated heterocycles. The van der Waals surface area contributed by atoms with Crippen LogP contribution in [0, 0.1) is 0 Å². The number of carbonyl (C=O) groups excluding carboxylic acids is 2. The molecule has 1 amide bonds. The van der Waals surface area contributed by atoms with Gasteiger partial charge in [-0.25, -0.2) is 0 Å². The number of hydroxylamine groups is 2. The van der Waals surface area contributed by atoms with Gasteiger partial charge in [0, 0.05) is 19.4 Å². The van der Waals surface area contributed by atoms with E-state index in [0.717, 1.165) is 5.06 Å². The highest BCUT2D eigenvalue weighted by atomic mass is 16.7. The van der Waals surface area contributed by atoms with Crippen molar-refractivity contribution >= 4 is 11.9 Å². The highest BCUT2D eigenvalue weighted by Gasteiger charge is 2.25. The molecule has 1 aliphatic heterocycles. The van der Waals surface area contributed by atoms with Gasteiger partial charge in [0.25, 0.3) is 5.91 Å². The minimum atomic E-state index is -0.473. The van der Waals surface area contributed by atoms with Crippen molar-refractivity contribution in [3.8, 4) is 0 Å². The summed E-state index contributed by atoms with van der Waals surface area (Å²) in [6, 6.07) is -0.0932. The van der Waals surface area contributed by atoms with Crippen molar-refractivity contribution in [3.05, 3.63) is 0 Å². The predicted molar refractivity (Wildman–Crippen MR) is 40.7 cm³/mol. The van der Waals surface area contributed by atoms with Crippen LogP contribution < -0.4 is 5.73 Å². The molecule has 0 bridgehead atoms. The maximum absolute atomic E-state index is 11.1. The molecule has 0 spiro atoms. The van der Waals surface area contributed by atoms with E-state index in [4.69, 9.17) is 5.73 Å². The van der Waals surface area contributed by atoms with Crippen LogP contribution in [0.5, 0.6) is 0 Å². The monoisotopic (exact) mass is 172 g/mol. The van der Waals surface area contributed by atoms with E-state index >= 15 is 0 Å². The van der Waals surface area contributed by atoms with Crippen LogP contribution in [0.1, 0.15) is 19.8 Å². The summed E-state index contributed by atoms with van der Waals surface area (Å²) in [6.07, 6.45) is 0.937. The number of rotatable bonds is 1. The lowest BCUT2D eigenvalue weighted by Gasteiger charge is -2.27. The lowest BCUT2D eigenvalue weighted by atomic mass is 10.1. The summed E-state index contributed by atoms with van der Waals surface area (Å²) in [5, 5.41) is 1.08. The third-order valence-electron chi connectivity index (χ3n) is 1.66. The molecule has 68 valence electrons. The molecular weight excluding hydrogens is 160 g/mol. The summed E-state index contributed by atoms with van der Waals surface area (Å²) in [4.78, 5) is 26.2. The van der Waals surface area contributed by atoms with Crippen molar-refractivity contribution in [3.63, 3.8) is 0 Å². The summed E-state index contributed by atoms with van der Waals surface area (Å²) in [7, 11) is 0. The first-order valence-corrected chi connectivity index (χ1v) is 3.84. The van der Waals surface area contributed by atoms with Gasteiger partial charge in [-0.2, -0.15) is 5.06 Å². The fourth-order valence-corrected chi connectivity index (χ4v) is 1.09. The number of hydrogen-bond donors (Lipinski definition) is 1. The number of nitrogens with zero attached hydrogens (tertiary/aromatic N) is 1. The molecule has 0 aliphatic carbocycles. The fourth-order valence-electron chi connectivity index (χ4n) is 1.09. The van der Waals surface area contributed by atoms with Crippen molar-refractivity contribution in [1.29, 1.82) is 0 Å². The van der Waals surface area contributed by atoms with Crippen LogP contribution in [-0.2, 0) is 14.4 Å². The van der Waals surface area contributed by atoms with E-state index in [2.05, 4.69) is 4.84 Å². The van der Waals surface area contributed by atoms with E-state index in [1.165, 1.54) is 6.92 Å². The summed E-state index contributed by atoms with van der Waals surface area (Å²) in [5.74, 6) is -0.692. The van der Waals surface area contributed by atoms with Crippen molar-refractivity contribution in [2.45, 2.75) is 25.8 Å². The molecule has 1 rings (SSSR count). The van der Waals surface area contributed by atoms with E-state index in [9.17, 15) is 9.59 Å². The van der Waals surface area contributed by atoms with Gasteiger partial charge < -0.3 is 10.6 Å². The Morgan fingerprint density at radius 1 is 1.75 bits per heavy atom. The minimum Gasteiger partial charge on any atom is -0.338 e. The SMILES string of the molecule is CC(=O)ON1CCC(N)CC1=O. The first-order valence-electron chi connectivity index (χ1n) is 3.84. The molecule has 1 heterocycles. The second-order valence-electron chi connectivity index (χ2n) is 2.83. The average molecular weight is 172 g/mol. The van der Waals surface area contributed by atoms with Crippen LogP contribution >= 0.6 is 0 Å². The predicted octanol–water partition coefficient (Wildman–Crippen LogP) is -0.586. The zero-order valence-electron chi connectivity index (χ0n) is 6.95. The smallest absolute Gasteiger partial charge is 0.329 e. The van der Waals surface area contributed by atoms with Crippen LogP contribution in [0.2, 0.25) is 0 Å². The Hall–Kier alpha value is -1.10. The zero-order chi connectivity index (χ0) is 9.14. The number of piperidine rings is 1. The molecule has 1 aliphatic rings. The summed E-state index contributed by atoms with van der Waals surface area (Å²) in [6.45, 7) is 1.67. The van der Waals surface area contributed by atoms with Gasteiger partial charge in [0.05, 0.1) is 6.54 Å². The van der Waals surface area contributed by atoms with Gasteiger partial charge >= 0.3 is 5.97 Å². The van der Waals surface area contributed by atoms with Crippen LogP contribution in [0.25, 0.3) is 0 Å². The Morgan fingerprint density at radius 2 is 2.42 bits per heavy atom. The quantitative estimate of drug-likeness (QED) is 0.574. The first-order chi connectivity index (χ1) is 5.59. The largest absolute Gasteiger partial charge is 0.338 e. The molecule has 12 heavy (non-hydrogen) atoms. The van der Waals surface area contributed by atoms with Gasteiger partial charge in [-0.15, -0.1) is 0 Å². The molecule has 1 atom stereocenters. The lowest BCUT2D eigenvalue weighted by Crippen LogP contribution is -2.44. The van der Waals surface area contributed by atoms with Gasteiger partial charge in [-0.3, -0.25) is 9.59 Å². The van der Waals surface area contributed by atoms with Gasteiger partial charge in [0.15, 0.2) is 0 Å². The van der Waals surface area contributed by atoms with Crippen LogP contribution in [-0.4, -0.2) is 29.5 Å². The van der Waals surface area contributed by atoms with Crippen molar-refractivity contribution in [2.24, 2.45) is 5.73 Å². The fraction of sp³-hybridized carbons (Fsp3) is 0.714. The number of amides is 1. The van der Waals surface area contributed by atoms with E-state index in [-0.39, 0.29) is 18.4 Å². The van der Waals surface area contributed by atoms with E-state index < -0.39 is 5.97 Å². The molecule has 0 aromatic rings. The average Bonchev–Trinajstić information content (AvgIpc) is 1.94. The van der Waals surface area contributed by atoms with Crippen LogP contribution in [0.15, 0.2) is 0 Å². The Kier molecular flexibility index (Phi) is 2.65. The van der Waals surface area contributed by atoms with Crippen molar-refractivity contribution < 1.29 is 14.4 Å². The number of nitrogens with two attached hydrogens (primary N) is 1. The maximum Gasteiger partial charge on any atom is 0.329 e. The minimum absolute atomic E-state index is 0.0932. The van der Waals surface area contributed by atoms with E-state index in [0.29, 0.717) is 13.0 Å². The molecule has 1 unspecified atom stereocenters. The van der Waals surface area contributed by atoms with Crippen molar-refractivity contribution in [2.75, 3.05) is 6.54 Å². The third-order valence-corrected chi connectivity index (χ3v) is 1.66. The van der Waals surface area contributed by atoms with Crippen LogP contribution in [0.4, 0.5) is 0 Å². The standard InChI is InChI=1S/C7H12N2O3/c1-5(10)12-9-3-2-6(8)4-7(9)11/h6H,2-4,8H2,1H3. The Bertz CT molecular complexity index is 205. The molecule has 0 radical (unpaired) electrons. The summed E-state index contributed by atoms with van der Waals surface area (Å²) < 4.78 is 0. The summed E-state index contributed by atoms with van der Waals surface area (Å²) >= 11 is 0. The van der Waals surface area contributed by atoms with Crippen molar-refractivity contribution in [1.82, 2.24) is 5.06 Å². The Morgan fingerprint density at radius 3 is 2.92 bits per heavy atom. The van der Waals surface area contributed by atoms with E-state index in [1.807, 2.05) is 0 Å². The first kappa shape index (κ1) is 8.99. The highest BCUT2D eigenvalue weighted by Crippen LogP contribution is 2.09. The number of hydrogen-bond acceptors (Lipinski definition) is 4. The normalized spacial score (nSPS) is 24.0. The topological polar surface area (TPSA) is 72.6 Å². The molecule has 1 fully saturated rings.